The van der Waals surface area contributed by atoms with Gasteiger partial charge in [-0.3, -0.25) is 9.59 Å². The van der Waals surface area contributed by atoms with E-state index in [1.807, 2.05) is 12.1 Å². The molecule has 0 aliphatic heterocycles. The number of amides is 2. The Morgan fingerprint density at radius 2 is 1.80 bits per heavy atom. The van der Waals surface area contributed by atoms with E-state index in [-0.39, 0.29) is 23.6 Å². The van der Waals surface area contributed by atoms with Gasteiger partial charge in [0.2, 0.25) is 5.91 Å². The molecular formula is C18H16Cl2N2O2S. The van der Waals surface area contributed by atoms with Crippen molar-refractivity contribution in [1.82, 2.24) is 5.32 Å². The van der Waals surface area contributed by atoms with Gasteiger partial charge < -0.3 is 10.6 Å². The lowest BCUT2D eigenvalue weighted by molar-refractivity contribution is -0.113. The van der Waals surface area contributed by atoms with Crippen LogP contribution in [0.2, 0.25) is 10.0 Å². The highest BCUT2D eigenvalue weighted by molar-refractivity contribution is 8.00. The first-order valence-corrected chi connectivity index (χ1v) is 9.54. The zero-order chi connectivity index (χ0) is 17.8. The van der Waals surface area contributed by atoms with E-state index in [0.717, 1.165) is 17.7 Å². The van der Waals surface area contributed by atoms with Gasteiger partial charge in [-0.25, -0.2) is 0 Å². The fourth-order valence-electron chi connectivity index (χ4n) is 2.14. The average molecular weight is 395 g/mol. The van der Waals surface area contributed by atoms with Crippen molar-refractivity contribution in [2.24, 2.45) is 0 Å². The molecule has 2 amide bonds. The molecule has 7 heteroatoms. The average Bonchev–Trinajstić information content (AvgIpc) is 3.38. The van der Waals surface area contributed by atoms with Gasteiger partial charge in [0.1, 0.15) is 0 Å². The van der Waals surface area contributed by atoms with Crippen LogP contribution in [0.25, 0.3) is 0 Å². The molecule has 0 spiro atoms. The summed E-state index contributed by atoms with van der Waals surface area (Å²) in [5.41, 5.74) is 0.983. The molecule has 0 saturated heterocycles. The number of hydrogen-bond donors (Lipinski definition) is 2. The molecule has 1 aliphatic carbocycles. The molecule has 2 aromatic carbocycles. The summed E-state index contributed by atoms with van der Waals surface area (Å²) >= 11 is 13.4. The molecule has 3 rings (SSSR count). The van der Waals surface area contributed by atoms with Crippen molar-refractivity contribution >= 4 is 52.5 Å². The fraction of sp³-hybridized carbons (Fsp3) is 0.222. The minimum atomic E-state index is -0.177. The first kappa shape index (κ1) is 18.1. The van der Waals surface area contributed by atoms with Gasteiger partial charge in [-0.05, 0) is 55.3 Å². The second-order valence-corrected chi connectivity index (χ2v) is 7.63. The van der Waals surface area contributed by atoms with Crippen LogP contribution in [0, 0.1) is 0 Å². The van der Waals surface area contributed by atoms with Crippen LogP contribution >= 0.6 is 35.0 Å². The third-order valence-corrected chi connectivity index (χ3v) is 5.17. The van der Waals surface area contributed by atoms with E-state index in [0.29, 0.717) is 21.3 Å². The lowest BCUT2D eigenvalue weighted by Crippen LogP contribution is -2.25. The molecule has 0 bridgehead atoms. The number of carbonyl (C=O) groups is 2. The van der Waals surface area contributed by atoms with Gasteiger partial charge in [-0.1, -0.05) is 23.2 Å². The van der Waals surface area contributed by atoms with E-state index >= 15 is 0 Å². The van der Waals surface area contributed by atoms with Gasteiger partial charge in [-0.2, -0.15) is 0 Å². The molecule has 1 fully saturated rings. The first-order valence-electron chi connectivity index (χ1n) is 7.80. The Balaban J connectivity index is 1.54. The van der Waals surface area contributed by atoms with Crippen LogP contribution < -0.4 is 10.6 Å². The second-order valence-electron chi connectivity index (χ2n) is 5.73. The Morgan fingerprint density at radius 1 is 1.08 bits per heavy atom. The van der Waals surface area contributed by atoms with Crippen LogP contribution in [0.1, 0.15) is 23.2 Å². The summed E-state index contributed by atoms with van der Waals surface area (Å²) in [4.78, 5) is 25.1. The molecule has 2 aromatic rings. The van der Waals surface area contributed by atoms with Crippen LogP contribution in [-0.4, -0.2) is 23.6 Å². The van der Waals surface area contributed by atoms with Crippen molar-refractivity contribution in [3.63, 3.8) is 0 Å². The molecule has 1 aliphatic rings. The van der Waals surface area contributed by atoms with Crippen LogP contribution in [-0.2, 0) is 4.79 Å². The molecule has 0 radical (unpaired) electrons. The molecule has 0 unspecified atom stereocenters. The molecule has 130 valence electrons. The second kappa shape index (κ2) is 8.13. The topological polar surface area (TPSA) is 58.2 Å². The number of rotatable bonds is 6. The fourth-order valence-corrected chi connectivity index (χ4v) is 3.24. The monoisotopic (exact) mass is 394 g/mol. The largest absolute Gasteiger partial charge is 0.349 e. The Bertz CT molecular complexity index is 792. The summed E-state index contributed by atoms with van der Waals surface area (Å²) in [6.45, 7) is 0. The van der Waals surface area contributed by atoms with Crippen molar-refractivity contribution < 1.29 is 9.59 Å². The minimum Gasteiger partial charge on any atom is -0.349 e. The first-order chi connectivity index (χ1) is 12.0. The van der Waals surface area contributed by atoms with Gasteiger partial charge in [-0.15, -0.1) is 11.8 Å². The van der Waals surface area contributed by atoms with E-state index in [1.165, 1.54) is 11.8 Å². The van der Waals surface area contributed by atoms with E-state index in [4.69, 9.17) is 23.2 Å². The van der Waals surface area contributed by atoms with Gasteiger partial charge in [0.15, 0.2) is 0 Å². The smallest absolute Gasteiger partial charge is 0.253 e. The number of benzene rings is 2. The lowest BCUT2D eigenvalue weighted by atomic mass is 10.2. The predicted octanol–water partition coefficient (Wildman–Crippen LogP) is 4.62. The van der Waals surface area contributed by atoms with E-state index in [2.05, 4.69) is 10.6 Å². The summed E-state index contributed by atoms with van der Waals surface area (Å²) in [5, 5.41) is 6.65. The number of thioether (sulfide) groups is 1. The Morgan fingerprint density at radius 3 is 2.44 bits per heavy atom. The van der Waals surface area contributed by atoms with Crippen molar-refractivity contribution in [3.05, 3.63) is 58.1 Å². The summed E-state index contributed by atoms with van der Waals surface area (Å²) in [5.74, 6) is -0.0572. The van der Waals surface area contributed by atoms with Gasteiger partial charge in [0.05, 0.1) is 16.3 Å². The van der Waals surface area contributed by atoms with E-state index in [1.54, 1.807) is 30.3 Å². The van der Waals surface area contributed by atoms with E-state index < -0.39 is 0 Å². The number of anilines is 1. The normalized spacial score (nSPS) is 13.4. The van der Waals surface area contributed by atoms with Crippen LogP contribution in [0.3, 0.4) is 0 Å². The van der Waals surface area contributed by atoms with Gasteiger partial charge in [0.25, 0.3) is 5.91 Å². The minimum absolute atomic E-state index is 0.147. The third kappa shape index (κ3) is 5.39. The van der Waals surface area contributed by atoms with Crippen molar-refractivity contribution in [2.75, 3.05) is 11.1 Å². The molecule has 0 atom stereocenters. The standard InChI is InChI=1S/C18H16Cl2N2O2S/c19-11-1-6-14(7-2-11)25-10-17(23)21-13-5-8-15(16(20)9-13)18(24)22-12-3-4-12/h1-2,5-9,12H,3-4,10H2,(H,21,23)(H,22,24). The van der Waals surface area contributed by atoms with Crippen LogP contribution in [0.5, 0.6) is 0 Å². The summed E-state index contributed by atoms with van der Waals surface area (Å²) in [6.07, 6.45) is 2.03. The van der Waals surface area contributed by atoms with Crippen molar-refractivity contribution in [3.8, 4) is 0 Å². The zero-order valence-electron chi connectivity index (χ0n) is 13.2. The summed E-state index contributed by atoms with van der Waals surface area (Å²) < 4.78 is 0. The predicted molar refractivity (Wildman–Crippen MR) is 103 cm³/mol. The molecule has 4 nitrogen and oxygen atoms in total. The molecule has 1 saturated carbocycles. The SMILES string of the molecule is O=C(CSc1ccc(Cl)cc1)Nc1ccc(C(=O)NC2CC2)c(Cl)c1. The molecular weight excluding hydrogens is 379 g/mol. The molecule has 0 heterocycles. The molecule has 25 heavy (non-hydrogen) atoms. The number of nitrogens with one attached hydrogen (secondary N) is 2. The number of hydrogen-bond acceptors (Lipinski definition) is 3. The van der Waals surface area contributed by atoms with Crippen molar-refractivity contribution in [1.29, 1.82) is 0 Å². The van der Waals surface area contributed by atoms with Gasteiger partial charge >= 0.3 is 0 Å². The van der Waals surface area contributed by atoms with E-state index in [9.17, 15) is 9.59 Å². The van der Waals surface area contributed by atoms with Crippen molar-refractivity contribution in [2.45, 2.75) is 23.8 Å². The molecule has 2 N–H and O–H groups in total. The number of carbonyl (C=O) groups excluding carboxylic acids is 2. The molecule has 0 aromatic heterocycles. The van der Waals surface area contributed by atoms with Crippen LogP contribution in [0.15, 0.2) is 47.4 Å². The zero-order valence-corrected chi connectivity index (χ0v) is 15.5. The third-order valence-electron chi connectivity index (χ3n) is 3.59. The summed E-state index contributed by atoms with van der Waals surface area (Å²) in [7, 11) is 0. The number of halogens is 2. The Hall–Kier alpha value is -1.69. The summed E-state index contributed by atoms with van der Waals surface area (Å²) in [6, 6.07) is 12.5. The maximum atomic E-state index is 12.1. The maximum absolute atomic E-state index is 12.1. The maximum Gasteiger partial charge on any atom is 0.253 e. The van der Waals surface area contributed by atoms with Crippen LogP contribution in [0.4, 0.5) is 5.69 Å². The highest BCUT2D eigenvalue weighted by Gasteiger charge is 2.24. The van der Waals surface area contributed by atoms with Gasteiger partial charge in [0, 0.05) is 21.6 Å². The lowest BCUT2D eigenvalue weighted by Gasteiger charge is -2.09. The highest BCUT2D eigenvalue weighted by atomic mass is 35.5. The Kier molecular flexibility index (Phi) is 5.89. The Labute approximate surface area is 160 Å². The highest BCUT2D eigenvalue weighted by Crippen LogP contribution is 2.25. The quantitative estimate of drug-likeness (QED) is 0.702.